The first-order chi connectivity index (χ1) is 8.20. The van der Waals surface area contributed by atoms with Crippen molar-refractivity contribution in [2.24, 2.45) is 5.92 Å². The van der Waals surface area contributed by atoms with E-state index in [9.17, 15) is 0 Å². The molecule has 1 aliphatic rings. The second-order valence-electron chi connectivity index (χ2n) is 5.26. The molecule has 2 rings (SSSR count). The molecule has 0 saturated carbocycles. The highest BCUT2D eigenvalue weighted by Gasteiger charge is 2.20. The van der Waals surface area contributed by atoms with E-state index >= 15 is 0 Å². The maximum atomic E-state index is 9.05. The summed E-state index contributed by atoms with van der Waals surface area (Å²) in [4.78, 5) is 2.48. The number of benzene rings is 1. The zero-order chi connectivity index (χ0) is 12.3. The van der Waals surface area contributed by atoms with Crippen LogP contribution in [0.4, 0.5) is 5.69 Å². The van der Waals surface area contributed by atoms with Gasteiger partial charge in [0.15, 0.2) is 0 Å². The minimum absolute atomic E-state index is 0.325. The maximum absolute atomic E-state index is 9.05. The summed E-state index contributed by atoms with van der Waals surface area (Å²) in [6, 6.07) is 6.69. The maximum Gasteiger partial charge on any atom is 0.0434 e. The summed E-state index contributed by atoms with van der Waals surface area (Å²) < 4.78 is 0. The Labute approximate surface area is 104 Å². The summed E-state index contributed by atoms with van der Waals surface area (Å²) in [5, 5.41) is 9.05. The molecule has 1 saturated heterocycles. The first-order valence-corrected chi connectivity index (χ1v) is 6.64. The van der Waals surface area contributed by atoms with Crippen molar-refractivity contribution < 1.29 is 5.11 Å². The van der Waals surface area contributed by atoms with Gasteiger partial charge in [-0.05, 0) is 50.7 Å². The van der Waals surface area contributed by atoms with E-state index in [0.29, 0.717) is 12.5 Å². The average molecular weight is 233 g/mol. The van der Waals surface area contributed by atoms with Gasteiger partial charge in [-0.1, -0.05) is 17.7 Å². The summed E-state index contributed by atoms with van der Waals surface area (Å²) in [6.45, 7) is 6.92. The Hall–Kier alpha value is -1.02. The minimum atomic E-state index is 0.325. The van der Waals surface area contributed by atoms with E-state index < -0.39 is 0 Å². The number of hydrogen-bond acceptors (Lipinski definition) is 2. The lowest BCUT2D eigenvalue weighted by molar-refractivity contribution is 0.244. The number of hydrogen-bond donors (Lipinski definition) is 1. The Morgan fingerprint density at radius 1 is 1.35 bits per heavy atom. The van der Waals surface area contributed by atoms with Crippen LogP contribution < -0.4 is 4.90 Å². The first-order valence-electron chi connectivity index (χ1n) is 6.64. The molecule has 0 aromatic heterocycles. The Balaban J connectivity index is 2.10. The molecule has 1 heterocycles. The number of piperidine rings is 1. The van der Waals surface area contributed by atoms with Crippen LogP contribution in [0.15, 0.2) is 18.2 Å². The molecular formula is C15H23NO. The van der Waals surface area contributed by atoms with Crippen LogP contribution in [0.25, 0.3) is 0 Å². The van der Waals surface area contributed by atoms with Crippen LogP contribution in [-0.4, -0.2) is 24.8 Å². The molecule has 1 unspecified atom stereocenters. The Morgan fingerprint density at radius 3 is 2.88 bits per heavy atom. The largest absolute Gasteiger partial charge is 0.396 e. The average Bonchev–Trinajstić information content (AvgIpc) is 2.29. The Bertz CT molecular complexity index is 373. The topological polar surface area (TPSA) is 23.5 Å². The van der Waals surface area contributed by atoms with Crippen LogP contribution in [0, 0.1) is 19.8 Å². The molecule has 0 spiro atoms. The molecule has 1 aromatic rings. The molecule has 17 heavy (non-hydrogen) atoms. The molecule has 0 bridgehead atoms. The molecule has 1 fully saturated rings. The minimum Gasteiger partial charge on any atom is -0.396 e. The highest BCUT2D eigenvalue weighted by atomic mass is 16.3. The molecule has 94 valence electrons. The lowest BCUT2D eigenvalue weighted by Crippen LogP contribution is -2.36. The van der Waals surface area contributed by atoms with Crippen molar-refractivity contribution in [3.8, 4) is 0 Å². The smallest absolute Gasteiger partial charge is 0.0434 e. The van der Waals surface area contributed by atoms with Gasteiger partial charge in [0, 0.05) is 25.4 Å². The molecule has 2 heteroatoms. The number of anilines is 1. The zero-order valence-electron chi connectivity index (χ0n) is 10.9. The van der Waals surface area contributed by atoms with Crippen molar-refractivity contribution in [1.29, 1.82) is 0 Å². The van der Waals surface area contributed by atoms with E-state index in [1.165, 1.54) is 29.7 Å². The molecule has 1 atom stereocenters. The second-order valence-corrected chi connectivity index (χ2v) is 5.26. The van der Waals surface area contributed by atoms with Crippen LogP contribution in [0.5, 0.6) is 0 Å². The van der Waals surface area contributed by atoms with E-state index in [1.807, 2.05) is 0 Å². The molecule has 1 N–H and O–H groups in total. The van der Waals surface area contributed by atoms with Gasteiger partial charge in [-0.2, -0.15) is 0 Å². The number of rotatable bonds is 3. The van der Waals surface area contributed by atoms with Crippen LogP contribution in [0.1, 0.15) is 30.4 Å². The lowest BCUT2D eigenvalue weighted by Gasteiger charge is -2.35. The van der Waals surface area contributed by atoms with Gasteiger partial charge in [0.2, 0.25) is 0 Å². The summed E-state index contributed by atoms with van der Waals surface area (Å²) in [5.74, 6) is 0.662. The van der Waals surface area contributed by atoms with E-state index in [2.05, 4.69) is 36.9 Å². The summed E-state index contributed by atoms with van der Waals surface area (Å²) in [7, 11) is 0. The third kappa shape index (κ3) is 3.01. The van der Waals surface area contributed by atoms with Gasteiger partial charge in [-0.15, -0.1) is 0 Å². The van der Waals surface area contributed by atoms with Crippen LogP contribution in [0.2, 0.25) is 0 Å². The van der Waals surface area contributed by atoms with E-state index in [1.54, 1.807) is 0 Å². The highest BCUT2D eigenvalue weighted by Crippen LogP contribution is 2.27. The van der Waals surface area contributed by atoms with Crippen molar-refractivity contribution >= 4 is 5.69 Å². The third-order valence-electron chi connectivity index (χ3n) is 3.75. The van der Waals surface area contributed by atoms with E-state index in [4.69, 9.17) is 5.11 Å². The molecule has 1 aliphatic heterocycles. The van der Waals surface area contributed by atoms with Gasteiger partial charge in [-0.3, -0.25) is 0 Å². The van der Waals surface area contributed by atoms with Crippen molar-refractivity contribution in [2.75, 3.05) is 24.6 Å². The Morgan fingerprint density at radius 2 is 2.18 bits per heavy atom. The monoisotopic (exact) mass is 233 g/mol. The Kier molecular flexibility index (Phi) is 4.06. The van der Waals surface area contributed by atoms with Gasteiger partial charge in [0.1, 0.15) is 0 Å². The van der Waals surface area contributed by atoms with Crippen molar-refractivity contribution in [3.63, 3.8) is 0 Å². The molecule has 0 aliphatic carbocycles. The standard InChI is InChI=1S/C15H23NO/c1-12-5-6-15(13(2)10-12)16-8-3-4-14(11-16)7-9-17/h5-6,10,14,17H,3-4,7-9,11H2,1-2H3. The van der Waals surface area contributed by atoms with Crippen molar-refractivity contribution in [3.05, 3.63) is 29.3 Å². The van der Waals surface area contributed by atoms with Gasteiger partial charge in [0.25, 0.3) is 0 Å². The van der Waals surface area contributed by atoms with Crippen LogP contribution in [-0.2, 0) is 0 Å². The number of nitrogens with zero attached hydrogens (tertiary/aromatic N) is 1. The van der Waals surface area contributed by atoms with Gasteiger partial charge < -0.3 is 10.0 Å². The summed E-state index contributed by atoms with van der Waals surface area (Å²) in [5.41, 5.74) is 4.07. The molecule has 1 aromatic carbocycles. The van der Waals surface area contributed by atoms with Gasteiger partial charge in [-0.25, -0.2) is 0 Å². The third-order valence-corrected chi connectivity index (χ3v) is 3.75. The molecule has 2 nitrogen and oxygen atoms in total. The summed E-state index contributed by atoms with van der Waals surface area (Å²) >= 11 is 0. The highest BCUT2D eigenvalue weighted by molar-refractivity contribution is 5.54. The summed E-state index contributed by atoms with van der Waals surface area (Å²) in [6.07, 6.45) is 3.46. The van der Waals surface area contributed by atoms with Crippen LogP contribution in [0.3, 0.4) is 0 Å². The number of aryl methyl sites for hydroxylation is 2. The van der Waals surface area contributed by atoms with Gasteiger partial charge in [0.05, 0.1) is 0 Å². The fourth-order valence-electron chi connectivity index (χ4n) is 2.86. The normalized spacial score (nSPS) is 20.6. The van der Waals surface area contributed by atoms with Gasteiger partial charge >= 0.3 is 0 Å². The number of aliphatic hydroxyl groups is 1. The fourth-order valence-corrected chi connectivity index (χ4v) is 2.86. The van der Waals surface area contributed by atoms with Crippen molar-refractivity contribution in [1.82, 2.24) is 0 Å². The molecule has 0 radical (unpaired) electrons. The number of aliphatic hydroxyl groups excluding tert-OH is 1. The second kappa shape index (κ2) is 5.54. The first kappa shape index (κ1) is 12.4. The predicted molar refractivity (Wildman–Crippen MR) is 72.6 cm³/mol. The quantitative estimate of drug-likeness (QED) is 0.867. The van der Waals surface area contributed by atoms with Crippen molar-refractivity contribution in [2.45, 2.75) is 33.1 Å². The van der Waals surface area contributed by atoms with E-state index in [0.717, 1.165) is 19.5 Å². The predicted octanol–water partition coefficient (Wildman–Crippen LogP) is 2.90. The molecule has 0 amide bonds. The van der Waals surface area contributed by atoms with Crippen LogP contribution >= 0.6 is 0 Å². The molecular weight excluding hydrogens is 210 g/mol. The zero-order valence-corrected chi connectivity index (χ0v) is 10.9. The lowest BCUT2D eigenvalue weighted by atomic mass is 9.94. The SMILES string of the molecule is Cc1ccc(N2CCCC(CCO)C2)c(C)c1. The fraction of sp³-hybridized carbons (Fsp3) is 0.600. The van der Waals surface area contributed by atoms with E-state index in [-0.39, 0.29) is 0 Å².